The highest BCUT2D eigenvalue weighted by molar-refractivity contribution is 7.04. The van der Waals surface area contributed by atoms with Crippen molar-refractivity contribution >= 4 is 139 Å². The van der Waals surface area contributed by atoms with Gasteiger partial charge in [-0.05, 0) is 153 Å². The van der Waals surface area contributed by atoms with Crippen LogP contribution in [0.1, 0.15) is 55.4 Å². The molecule has 0 saturated carbocycles. The maximum Gasteiger partial charge on any atom is 0.651 e. The average Bonchev–Trinajstić information content (AvgIpc) is 3.13. The van der Waals surface area contributed by atoms with E-state index >= 15 is 0 Å². The van der Waals surface area contributed by atoms with Crippen LogP contribution in [0.15, 0.2) is 0 Å². The summed E-state index contributed by atoms with van der Waals surface area (Å²) in [5, 5.41) is 0. The lowest BCUT2D eigenvalue weighted by atomic mass is 11.0. The van der Waals surface area contributed by atoms with Crippen LogP contribution in [-0.4, -0.2) is 139 Å². The molecule has 0 spiro atoms. The first-order valence-corrected chi connectivity index (χ1v) is 62.6. The van der Waals surface area contributed by atoms with Gasteiger partial charge in [0.1, 0.15) is 0 Å². The fraction of sp³-hybridized carbons (Fsp3) is 1.00. The van der Waals surface area contributed by atoms with Crippen LogP contribution < -0.4 is 0 Å². The molecule has 6 aliphatic rings. The number of rotatable bonds is 24. The topological polar surface area (TPSA) is 185 Å². The quantitative estimate of drug-likeness (QED) is 0.0831. The van der Waals surface area contributed by atoms with Gasteiger partial charge in [0.05, 0.1) is 0 Å². The first kappa shape index (κ1) is 61.5. The molecule has 20 nitrogen and oxygen atoms in total. The van der Waals surface area contributed by atoms with Crippen molar-refractivity contribution in [3.63, 3.8) is 0 Å². The Morgan fingerprint density at radius 3 is 0.324 bits per heavy atom. The zero-order chi connectivity index (χ0) is 51.8. The van der Waals surface area contributed by atoms with Crippen LogP contribution in [0.2, 0.25) is 153 Å². The molecule has 6 aliphatic heterocycles. The second kappa shape index (κ2) is 20.5. The average molecular weight is 1240 g/mol. The highest BCUT2D eigenvalue weighted by Gasteiger charge is 2.92. The van der Waals surface area contributed by atoms with Gasteiger partial charge in [-0.1, -0.05) is 55.4 Å². The molecule has 0 aromatic rings. The minimum absolute atomic E-state index is 0.606. The molecule has 0 aliphatic carbocycles. The Hall–Kier alpha value is 2.67. The van der Waals surface area contributed by atoms with Crippen molar-refractivity contribution in [2.45, 2.75) is 208 Å². The van der Waals surface area contributed by atoms with Gasteiger partial charge in [0.25, 0.3) is 0 Å². The third-order valence-electron chi connectivity index (χ3n) is 13.0. The molecule has 6 rings (SSSR count). The zero-order valence-electron chi connectivity index (χ0n) is 45.8. The predicted molar refractivity (Wildman–Crippen MR) is 291 cm³/mol. The van der Waals surface area contributed by atoms with E-state index in [0.717, 1.165) is 0 Å². The summed E-state index contributed by atoms with van der Waals surface area (Å²) in [5.74, 6) is 0. The van der Waals surface area contributed by atoms with E-state index in [1.165, 1.54) is 0 Å². The van der Waals surface area contributed by atoms with E-state index in [1.54, 1.807) is 0 Å². The minimum Gasteiger partial charge on any atom is -0.395 e. The van der Waals surface area contributed by atoms with Gasteiger partial charge in [0, 0.05) is 0 Å². The molecular formula is C32H88O20Si16. The fourth-order valence-electron chi connectivity index (χ4n) is 6.12. The normalized spacial score (nSPS) is 36.4. The van der Waals surface area contributed by atoms with Crippen molar-refractivity contribution < 1.29 is 82.3 Å². The Kier molecular flexibility index (Phi) is 18.5. The van der Waals surface area contributed by atoms with Gasteiger partial charge in [-0.15, -0.1) is 0 Å². The zero-order valence-corrected chi connectivity index (χ0v) is 61.8. The van der Waals surface area contributed by atoms with Gasteiger partial charge in [-0.3, -0.25) is 0 Å². The summed E-state index contributed by atoms with van der Waals surface area (Å²) in [6.07, 6.45) is 0. The molecule has 8 bridgehead atoms. The Balaban J connectivity index is 2.14. The molecule has 0 radical (unpaired) electrons. The fourth-order valence-corrected chi connectivity index (χ4v) is 73.1. The maximum atomic E-state index is 7.65. The molecule has 0 N–H and O–H groups in total. The standard InChI is InChI=1S/C32H88O20Si16/c1-25-53(9,10)33-61-41-62(34-54(11,12)26-2)44-65(37-57(17,18)29-5)46-63(42-61,35-55(13,14)27-3)48-67(39-59(21,22)31-7)49-64(43-61,36-56(15,16)28-4)47-66(45-62,38-58(19,20)30-6)51-68(50-65,52-67)40-60(23,24)32-8/h25-32H2,1-24H3. The van der Waals surface area contributed by atoms with Crippen LogP contribution in [0.5, 0.6) is 0 Å². The predicted octanol–water partition coefficient (Wildman–Crippen LogP) is 9.67. The van der Waals surface area contributed by atoms with Gasteiger partial charge in [-0.2, -0.15) is 0 Å². The first-order chi connectivity index (χ1) is 30.6. The third-order valence-corrected chi connectivity index (χ3v) is 76.3. The molecule has 6 saturated heterocycles. The van der Waals surface area contributed by atoms with Crippen LogP contribution in [-0.2, 0) is 82.3 Å². The number of hydrogen-bond donors (Lipinski definition) is 0. The van der Waals surface area contributed by atoms with Gasteiger partial charge >= 0.3 is 72.4 Å². The Morgan fingerprint density at radius 2 is 0.265 bits per heavy atom. The van der Waals surface area contributed by atoms with Crippen LogP contribution in [0, 0.1) is 0 Å². The highest BCUT2D eigenvalue weighted by Crippen LogP contribution is 2.54. The van der Waals surface area contributed by atoms with Gasteiger partial charge in [0.2, 0.25) is 0 Å². The van der Waals surface area contributed by atoms with E-state index in [2.05, 4.69) is 0 Å². The lowest BCUT2D eigenvalue weighted by Gasteiger charge is -2.61. The maximum absolute atomic E-state index is 7.65. The van der Waals surface area contributed by atoms with Crippen molar-refractivity contribution in [3.8, 4) is 0 Å². The lowest BCUT2D eigenvalue weighted by Crippen LogP contribution is -2.93. The SMILES string of the molecule is CC[Si](C)(C)O[Si]12O[Si]3(O[Si](C)(C)CC)O[Si]4(O[Si](C)(C)CC)O[Si](O[Si](C)(C)CC)(O1)O[Si]1(O[Si](C)(C)CC)O[Si](O[Si](C)(C)CC)(O2)O[Si](O[Si](C)(C)CC)(O3)O[Si](O[Si](C)(C)CC)(O4)O1. The van der Waals surface area contributed by atoms with Gasteiger partial charge < -0.3 is 82.3 Å². The van der Waals surface area contributed by atoms with Gasteiger partial charge in [-0.25, -0.2) is 0 Å². The van der Waals surface area contributed by atoms with Crippen LogP contribution in [0.3, 0.4) is 0 Å². The van der Waals surface area contributed by atoms with E-state index < -0.39 is 139 Å². The van der Waals surface area contributed by atoms with Crippen molar-refractivity contribution in [3.05, 3.63) is 0 Å². The van der Waals surface area contributed by atoms with Crippen LogP contribution >= 0.6 is 0 Å². The molecule has 6 heterocycles. The molecule has 0 aromatic carbocycles. The summed E-state index contributed by atoms with van der Waals surface area (Å²) in [7, 11) is -63.9. The number of hydrogen-bond acceptors (Lipinski definition) is 20. The molecule has 68 heavy (non-hydrogen) atoms. The second-order valence-electron chi connectivity index (χ2n) is 22.9. The smallest absolute Gasteiger partial charge is 0.395 e. The van der Waals surface area contributed by atoms with Gasteiger partial charge in [0.15, 0.2) is 66.5 Å². The Bertz CT molecular complexity index is 1340. The molecule has 6 fully saturated rings. The lowest BCUT2D eigenvalue weighted by molar-refractivity contribution is -0.129. The van der Waals surface area contributed by atoms with E-state index in [4.69, 9.17) is 82.3 Å². The summed E-state index contributed by atoms with van der Waals surface area (Å²) in [6.45, 7) is 49.1. The van der Waals surface area contributed by atoms with Crippen molar-refractivity contribution in [1.29, 1.82) is 0 Å². The molecular weight excluding hydrogens is 1150 g/mol. The third kappa shape index (κ3) is 14.6. The van der Waals surface area contributed by atoms with E-state index in [-0.39, 0.29) is 0 Å². The van der Waals surface area contributed by atoms with Crippen LogP contribution in [0.25, 0.3) is 0 Å². The summed E-state index contributed by atoms with van der Waals surface area (Å²) >= 11 is 0. The highest BCUT2D eigenvalue weighted by atomic mass is 28.7. The first-order valence-electron chi connectivity index (χ1n) is 24.7. The molecule has 0 unspecified atom stereocenters. The molecule has 36 heteroatoms. The Labute approximate surface area is 426 Å². The molecule has 0 aromatic heterocycles. The summed E-state index contributed by atoms with van der Waals surface area (Å²) in [5.41, 5.74) is 0. The second-order valence-corrected chi connectivity index (χ2v) is 81.1. The van der Waals surface area contributed by atoms with Crippen molar-refractivity contribution in [1.82, 2.24) is 0 Å². The summed E-state index contributed by atoms with van der Waals surface area (Å²) < 4.78 is 151. The summed E-state index contributed by atoms with van der Waals surface area (Å²) in [6, 6.07) is 4.85. The largest absolute Gasteiger partial charge is 0.651 e. The molecule has 0 amide bonds. The summed E-state index contributed by atoms with van der Waals surface area (Å²) in [4.78, 5) is 0. The van der Waals surface area contributed by atoms with Crippen LogP contribution in [0.4, 0.5) is 0 Å². The van der Waals surface area contributed by atoms with E-state index in [1.807, 2.05) is 160 Å². The monoisotopic (exact) mass is 1240 g/mol. The molecule has 0 atom stereocenters. The molecule has 400 valence electrons. The van der Waals surface area contributed by atoms with E-state index in [9.17, 15) is 0 Å². The van der Waals surface area contributed by atoms with E-state index in [0.29, 0.717) is 48.4 Å². The minimum atomic E-state index is -5.08. The van der Waals surface area contributed by atoms with Crippen molar-refractivity contribution in [2.75, 3.05) is 0 Å². The Morgan fingerprint density at radius 1 is 0.191 bits per heavy atom. The van der Waals surface area contributed by atoms with Crippen molar-refractivity contribution in [2.24, 2.45) is 0 Å².